The van der Waals surface area contributed by atoms with Gasteiger partial charge in [-0.05, 0) is 23.8 Å². The second-order valence-electron chi connectivity index (χ2n) is 8.29. The number of ether oxygens (including phenoxy) is 2. The molecule has 0 aromatic heterocycles. The fourth-order valence-corrected chi connectivity index (χ4v) is 5.54. The van der Waals surface area contributed by atoms with E-state index >= 15 is 0 Å². The molecule has 9 nitrogen and oxygen atoms in total. The maximum Gasteiger partial charge on any atom is 0.246 e. The molecule has 2 fully saturated rings. The fourth-order valence-electron chi connectivity index (χ4n) is 4.08. The molecule has 2 aliphatic heterocycles. The van der Waals surface area contributed by atoms with Crippen molar-refractivity contribution in [2.75, 3.05) is 71.0 Å². The minimum atomic E-state index is -3.65. The zero-order valence-electron chi connectivity index (χ0n) is 19.2. The first kappa shape index (κ1) is 24.8. The van der Waals surface area contributed by atoms with Crippen molar-refractivity contribution in [3.05, 3.63) is 60.2 Å². The topological polar surface area (TPSA) is 100 Å². The number of carbonyl (C=O) groups is 1. The van der Waals surface area contributed by atoms with Crippen molar-refractivity contribution in [3.8, 4) is 0 Å². The number of nitrogens with zero attached hydrogens (tertiary/aromatic N) is 2. The average Bonchev–Trinajstić information content (AvgIpc) is 2.88. The molecule has 2 aromatic carbocycles. The third kappa shape index (κ3) is 6.41. The van der Waals surface area contributed by atoms with Crippen molar-refractivity contribution < 1.29 is 22.7 Å². The highest BCUT2D eigenvalue weighted by Gasteiger charge is 2.27. The number of nitrogens with one attached hydrogen (secondary N) is 2. The lowest BCUT2D eigenvalue weighted by molar-refractivity contribution is -0.118. The van der Waals surface area contributed by atoms with Gasteiger partial charge in [0, 0.05) is 45.0 Å². The average molecular weight is 489 g/mol. The predicted molar refractivity (Wildman–Crippen MR) is 129 cm³/mol. The van der Waals surface area contributed by atoms with Crippen molar-refractivity contribution in [1.29, 1.82) is 0 Å². The number of hydrogen-bond donors (Lipinski definition) is 2. The Morgan fingerprint density at radius 1 is 0.912 bits per heavy atom. The van der Waals surface area contributed by atoms with Gasteiger partial charge in [0.1, 0.15) is 6.04 Å². The summed E-state index contributed by atoms with van der Waals surface area (Å²) in [5.41, 5.74) is 1.29. The van der Waals surface area contributed by atoms with Crippen LogP contribution in [0.3, 0.4) is 0 Å². The first-order valence-corrected chi connectivity index (χ1v) is 13.1. The van der Waals surface area contributed by atoms with Crippen LogP contribution in [0.4, 0.5) is 5.69 Å². The van der Waals surface area contributed by atoms with Crippen LogP contribution in [0.1, 0.15) is 11.6 Å². The molecule has 4 rings (SSSR count). The number of amides is 1. The second-order valence-corrected chi connectivity index (χ2v) is 10.2. The predicted octanol–water partition coefficient (Wildman–Crippen LogP) is 1.31. The summed E-state index contributed by atoms with van der Waals surface area (Å²) < 4.78 is 38.1. The molecular formula is C24H32N4O5S. The van der Waals surface area contributed by atoms with Gasteiger partial charge in [0.15, 0.2) is 0 Å². The molecule has 184 valence electrons. The zero-order valence-corrected chi connectivity index (χ0v) is 20.0. The molecule has 0 spiro atoms. The normalized spacial score (nSPS) is 18.9. The molecule has 1 atom stereocenters. The van der Waals surface area contributed by atoms with Gasteiger partial charge in [-0.25, -0.2) is 8.42 Å². The van der Waals surface area contributed by atoms with E-state index in [1.165, 1.54) is 10.4 Å². The molecule has 2 saturated heterocycles. The number of anilines is 1. The van der Waals surface area contributed by atoms with E-state index in [2.05, 4.69) is 15.5 Å². The third-order valence-electron chi connectivity index (χ3n) is 5.98. The lowest BCUT2D eigenvalue weighted by Crippen LogP contribution is -2.42. The molecule has 0 bridgehead atoms. The van der Waals surface area contributed by atoms with Gasteiger partial charge in [-0.1, -0.05) is 36.4 Å². The molecular weight excluding hydrogens is 456 g/mol. The molecule has 2 N–H and O–H groups in total. The van der Waals surface area contributed by atoms with Crippen LogP contribution in [-0.4, -0.2) is 89.2 Å². The molecule has 0 unspecified atom stereocenters. The molecule has 0 aliphatic carbocycles. The highest BCUT2D eigenvalue weighted by Crippen LogP contribution is 2.22. The van der Waals surface area contributed by atoms with Gasteiger partial charge in [0.2, 0.25) is 15.9 Å². The Balaban J connectivity index is 1.45. The number of carbonyl (C=O) groups excluding carboxylic acids is 1. The van der Waals surface area contributed by atoms with Gasteiger partial charge < -0.3 is 20.1 Å². The maximum atomic E-state index is 13.3. The summed E-state index contributed by atoms with van der Waals surface area (Å²) in [5, 5.41) is 6.27. The van der Waals surface area contributed by atoms with Crippen molar-refractivity contribution in [3.63, 3.8) is 0 Å². The summed E-state index contributed by atoms with van der Waals surface area (Å²) in [6, 6.07) is 15.4. The van der Waals surface area contributed by atoms with Gasteiger partial charge >= 0.3 is 0 Å². The van der Waals surface area contributed by atoms with Crippen LogP contribution in [-0.2, 0) is 24.3 Å². The first-order chi connectivity index (χ1) is 16.5. The Morgan fingerprint density at radius 3 is 2.29 bits per heavy atom. The van der Waals surface area contributed by atoms with Crippen molar-refractivity contribution in [2.24, 2.45) is 0 Å². The molecule has 2 aliphatic rings. The number of rotatable bonds is 9. The van der Waals surface area contributed by atoms with E-state index in [0.29, 0.717) is 38.5 Å². The molecule has 2 heterocycles. The monoisotopic (exact) mass is 488 g/mol. The van der Waals surface area contributed by atoms with Crippen LogP contribution in [0.15, 0.2) is 59.5 Å². The van der Waals surface area contributed by atoms with E-state index in [1.807, 2.05) is 30.3 Å². The molecule has 34 heavy (non-hydrogen) atoms. The van der Waals surface area contributed by atoms with Gasteiger partial charge in [-0.15, -0.1) is 0 Å². The van der Waals surface area contributed by atoms with E-state index < -0.39 is 16.1 Å². The Labute approximate surface area is 201 Å². The Bertz CT molecular complexity index is 1040. The van der Waals surface area contributed by atoms with Gasteiger partial charge in [0.05, 0.1) is 31.3 Å². The summed E-state index contributed by atoms with van der Waals surface area (Å²) in [7, 11) is -3.65. The van der Waals surface area contributed by atoms with Crippen LogP contribution in [0.25, 0.3) is 0 Å². The molecule has 2 aromatic rings. The lowest BCUT2D eigenvalue weighted by atomic mass is 10.1. The van der Waals surface area contributed by atoms with E-state index in [0.717, 1.165) is 38.4 Å². The lowest BCUT2D eigenvalue weighted by Gasteiger charge is -2.27. The number of hydrogen-bond acceptors (Lipinski definition) is 7. The number of morpholine rings is 2. The largest absolute Gasteiger partial charge is 0.379 e. The molecule has 10 heteroatoms. The quantitative estimate of drug-likeness (QED) is 0.549. The summed E-state index contributed by atoms with van der Waals surface area (Å²) in [5.74, 6) is -0.242. The summed E-state index contributed by atoms with van der Waals surface area (Å²) in [6.45, 7) is 6.08. The molecule has 0 saturated carbocycles. The fraction of sp³-hybridized carbons (Fsp3) is 0.458. The van der Waals surface area contributed by atoms with Gasteiger partial charge in [-0.2, -0.15) is 4.31 Å². The maximum absolute atomic E-state index is 13.3. The standard InChI is InChI=1S/C24H32N4O5S/c29-24(23(20-5-2-1-3-6-20)25-9-10-27-11-15-32-16-12-27)26-21-7-4-8-22(19-21)34(30,31)28-13-17-33-18-14-28/h1-8,19,23,25H,9-18H2,(H,26,29)/t23-/m1/s1. The van der Waals surface area contributed by atoms with E-state index in [1.54, 1.807) is 18.2 Å². The first-order valence-electron chi connectivity index (χ1n) is 11.6. The Kier molecular flexibility index (Phi) is 8.65. The van der Waals surface area contributed by atoms with Crippen LogP contribution in [0, 0.1) is 0 Å². The van der Waals surface area contributed by atoms with Crippen LogP contribution in [0.2, 0.25) is 0 Å². The molecule has 0 radical (unpaired) electrons. The van der Waals surface area contributed by atoms with E-state index in [4.69, 9.17) is 9.47 Å². The highest BCUT2D eigenvalue weighted by atomic mass is 32.2. The van der Waals surface area contributed by atoms with Crippen molar-refractivity contribution >= 4 is 21.6 Å². The van der Waals surface area contributed by atoms with Crippen LogP contribution < -0.4 is 10.6 Å². The van der Waals surface area contributed by atoms with Gasteiger partial charge in [-0.3, -0.25) is 9.69 Å². The van der Waals surface area contributed by atoms with Gasteiger partial charge in [0.25, 0.3) is 0 Å². The third-order valence-corrected chi connectivity index (χ3v) is 7.88. The summed E-state index contributed by atoms with van der Waals surface area (Å²) in [6.07, 6.45) is 0. The molecule has 1 amide bonds. The number of benzene rings is 2. The summed E-state index contributed by atoms with van der Waals surface area (Å²) in [4.78, 5) is 15.7. The SMILES string of the molecule is O=C(Nc1cccc(S(=O)(=O)N2CCOCC2)c1)[C@H](NCCN1CCOCC1)c1ccccc1. The second kappa shape index (κ2) is 11.9. The zero-order chi connectivity index (χ0) is 23.8. The Hall–Kier alpha value is -2.34. The van der Waals surface area contributed by atoms with Crippen LogP contribution >= 0.6 is 0 Å². The Morgan fingerprint density at radius 2 is 1.59 bits per heavy atom. The van der Waals surface area contributed by atoms with Crippen molar-refractivity contribution in [1.82, 2.24) is 14.5 Å². The number of sulfonamides is 1. The minimum Gasteiger partial charge on any atom is -0.379 e. The van der Waals surface area contributed by atoms with Crippen LogP contribution in [0.5, 0.6) is 0 Å². The summed E-state index contributed by atoms with van der Waals surface area (Å²) >= 11 is 0. The van der Waals surface area contributed by atoms with Crippen molar-refractivity contribution in [2.45, 2.75) is 10.9 Å². The van der Waals surface area contributed by atoms with E-state index in [-0.39, 0.29) is 10.8 Å². The van der Waals surface area contributed by atoms with E-state index in [9.17, 15) is 13.2 Å². The smallest absolute Gasteiger partial charge is 0.246 e. The highest BCUT2D eigenvalue weighted by molar-refractivity contribution is 7.89. The minimum absolute atomic E-state index is 0.156.